The first-order valence-corrected chi connectivity index (χ1v) is 2.92. The SMILES string of the molecule is CCOB(C)CC. The van der Waals surface area contributed by atoms with Crippen molar-refractivity contribution >= 4 is 6.92 Å². The van der Waals surface area contributed by atoms with Gasteiger partial charge in [-0.25, -0.2) is 0 Å². The quantitative estimate of drug-likeness (QED) is 0.490. The van der Waals surface area contributed by atoms with E-state index < -0.39 is 0 Å². The fraction of sp³-hybridized carbons (Fsp3) is 1.00. The van der Waals surface area contributed by atoms with Crippen LogP contribution in [0.2, 0.25) is 13.1 Å². The van der Waals surface area contributed by atoms with Gasteiger partial charge < -0.3 is 4.65 Å². The Kier molecular flexibility index (Phi) is 4.21. The minimum absolute atomic E-state index is 0.449. The summed E-state index contributed by atoms with van der Waals surface area (Å²) in [5, 5.41) is 0. The van der Waals surface area contributed by atoms with E-state index in [0.29, 0.717) is 6.92 Å². The van der Waals surface area contributed by atoms with Gasteiger partial charge in [-0.05, 0) is 6.92 Å². The summed E-state index contributed by atoms with van der Waals surface area (Å²) in [6, 6.07) is 0. The molecule has 0 saturated heterocycles. The van der Waals surface area contributed by atoms with Crippen LogP contribution in [0.3, 0.4) is 0 Å². The summed E-state index contributed by atoms with van der Waals surface area (Å²) in [4.78, 5) is 0. The summed E-state index contributed by atoms with van der Waals surface area (Å²) in [7, 11) is 0. The van der Waals surface area contributed by atoms with Gasteiger partial charge in [0.05, 0.1) is 0 Å². The fourth-order valence-electron chi connectivity index (χ4n) is 0.402. The first kappa shape index (κ1) is 7.02. The summed E-state index contributed by atoms with van der Waals surface area (Å²) < 4.78 is 5.19. The molecule has 0 saturated carbocycles. The van der Waals surface area contributed by atoms with Crippen LogP contribution in [0.15, 0.2) is 0 Å². The third-order valence-corrected chi connectivity index (χ3v) is 1.03. The van der Waals surface area contributed by atoms with E-state index in [1.165, 1.54) is 0 Å². The molecule has 2 heteroatoms. The van der Waals surface area contributed by atoms with Crippen LogP contribution in [-0.4, -0.2) is 13.5 Å². The van der Waals surface area contributed by atoms with E-state index in [1.54, 1.807) is 0 Å². The Balaban J connectivity index is 2.83. The molecule has 0 radical (unpaired) electrons. The van der Waals surface area contributed by atoms with Crippen molar-refractivity contribution in [3.05, 3.63) is 0 Å². The Labute approximate surface area is 46.2 Å². The maximum Gasteiger partial charge on any atom is 0.289 e. The zero-order chi connectivity index (χ0) is 5.70. The van der Waals surface area contributed by atoms with Gasteiger partial charge in [-0.1, -0.05) is 20.1 Å². The van der Waals surface area contributed by atoms with Crippen LogP contribution >= 0.6 is 0 Å². The summed E-state index contributed by atoms with van der Waals surface area (Å²) in [6.07, 6.45) is 1.12. The lowest BCUT2D eigenvalue weighted by Gasteiger charge is -2.01. The van der Waals surface area contributed by atoms with Crippen molar-refractivity contribution in [1.82, 2.24) is 0 Å². The standard InChI is InChI=1S/C5H13BO/c1-4-6(3)7-5-2/h4-5H2,1-3H3. The molecule has 0 spiro atoms. The molecule has 0 unspecified atom stereocenters. The van der Waals surface area contributed by atoms with Gasteiger partial charge in [0.2, 0.25) is 0 Å². The Morgan fingerprint density at radius 2 is 2.00 bits per heavy atom. The average molecular weight is 100.0 g/mol. The van der Waals surface area contributed by atoms with Gasteiger partial charge >= 0.3 is 0 Å². The van der Waals surface area contributed by atoms with Crippen LogP contribution in [0.5, 0.6) is 0 Å². The molecule has 0 atom stereocenters. The van der Waals surface area contributed by atoms with E-state index in [4.69, 9.17) is 4.65 Å². The van der Waals surface area contributed by atoms with E-state index in [-0.39, 0.29) is 0 Å². The molecule has 0 N–H and O–H groups in total. The summed E-state index contributed by atoms with van der Waals surface area (Å²) >= 11 is 0. The molecule has 7 heavy (non-hydrogen) atoms. The van der Waals surface area contributed by atoms with Gasteiger partial charge in [0, 0.05) is 6.61 Å². The predicted molar refractivity (Wildman–Crippen MR) is 33.7 cm³/mol. The molecule has 0 fully saturated rings. The Morgan fingerprint density at radius 3 is 2.14 bits per heavy atom. The number of hydrogen-bond donors (Lipinski definition) is 0. The molecule has 0 aromatic rings. The minimum Gasteiger partial charge on any atom is -0.436 e. The molecule has 0 heterocycles. The lowest BCUT2D eigenvalue weighted by molar-refractivity contribution is 0.346. The van der Waals surface area contributed by atoms with E-state index >= 15 is 0 Å². The zero-order valence-electron chi connectivity index (χ0n) is 5.40. The van der Waals surface area contributed by atoms with Gasteiger partial charge in [-0.2, -0.15) is 0 Å². The number of hydrogen-bond acceptors (Lipinski definition) is 1. The highest BCUT2D eigenvalue weighted by Crippen LogP contribution is 1.89. The van der Waals surface area contributed by atoms with E-state index in [9.17, 15) is 0 Å². The molecule has 0 aliphatic heterocycles. The van der Waals surface area contributed by atoms with Crippen LogP contribution in [0.1, 0.15) is 13.8 Å². The number of rotatable bonds is 3. The second-order valence-corrected chi connectivity index (χ2v) is 1.67. The zero-order valence-corrected chi connectivity index (χ0v) is 5.40. The van der Waals surface area contributed by atoms with Crippen LogP contribution in [-0.2, 0) is 4.65 Å². The first-order chi connectivity index (χ1) is 3.31. The summed E-state index contributed by atoms with van der Waals surface area (Å²) in [5.74, 6) is 0. The molecule has 0 aromatic carbocycles. The molecule has 0 bridgehead atoms. The second-order valence-electron chi connectivity index (χ2n) is 1.67. The Morgan fingerprint density at radius 1 is 1.43 bits per heavy atom. The minimum atomic E-state index is 0.449. The molecule has 0 amide bonds. The van der Waals surface area contributed by atoms with Crippen LogP contribution in [0.25, 0.3) is 0 Å². The molecule has 0 aromatic heterocycles. The molecular weight excluding hydrogens is 86.9 g/mol. The van der Waals surface area contributed by atoms with Crippen LogP contribution in [0, 0.1) is 0 Å². The van der Waals surface area contributed by atoms with Gasteiger partial charge in [0.25, 0.3) is 6.92 Å². The lowest BCUT2D eigenvalue weighted by atomic mass is 9.68. The van der Waals surface area contributed by atoms with Gasteiger partial charge in [0.15, 0.2) is 0 Å². The van der Waals surface area contributed by atoms with Crippen LogP contribution < -0.4 is 0 Å². The first-order valence-electron chi connectivity index (χ1n) is 2.92. The summed E-state index contributed by atoms with van der Waals surface area (Å²) in [5.41, 5.74) is 0. The summed E-state index contributed by atoms with van der Waals surface area (Å²) in [6.45, 7) is 7.52. The van der Waals surface area contributed by atoms with Crippen LogP contribution in [0.4, 0.5) is 0 Å². The largest absolute Gasteiger partial charge is 0.436 e. The van der Waals surface area contributed by atoms with Gasteiger partial charge in [-0.15, -0.1) is 0 Å². The Hall–Kier alpha value is 0.0249. The van der Waals surface area contributed by atoms with E-state index in [2.05, 4.69) is 13.7 Å². The van der Waals surface area contributed by atoms with Crippen molar-refractivity contribution in [2.75, 3.05) is 6.61 Å². The smallest absolute Gasteiger partial charge is 0.289 e. The van der Waals surface area contributed by atoms with Crippen molar-refractivity contribution < 1.29 is 4.65 Å². The average Bonchev–Trinajstić information content (AvgIpc) is 1.68. The highest BCUT2D eigenvalue weighted by atomic mass is 16.4. The topological polar surface area (TPSA) is 9.23 Å². The third kappa shape index (κ3) is 3.87. The third-order valence-electron chi connectivity index (χ3n) is 1.03. The van der Waals surface area contributed by atoms with Gasteiger partial charge in [-0.3, -0.25) is 0 Å². The van der Waals surface area contributed by atoms with Crippen molar-refractivity contribution in [2.24, 2.45) is 0 Å². The van der Waals surface area contributed by atoms with Crippen molar-refractivity contribution in [3.8, 4) is 0 Å². The predicted octanol–water partition coefficient (Wildman–Crippen LogP) is 1.66. The molecule has 0 aliphatic carbocycles. The molecule has 42 valence electrons. The van der Waals surface area contributed by atoms with Crippen molar-refractivity contribution in [2.45, 2.75) is 27.0 Å². The van der Waals surface area contributed by atoms with E-state index in [0.717, 1.165) is 12.9 Å². The maximum atomic E-state index is 5.19. The van der Waals surface area contributed by atoms with Gasteiger partial charge in [0.1, 0.15) is 0 Å². The highest BCUT2D eigenvalue weighted by Gasteiger charge is 1.99. The normalized spacial score (nSPS) is 9.00. The molecule has 0 aliphatic rings. The highest BCUT2D eigenvalue weighted by molar-refractivity contribution is 6.49. The second kappa shape index (κ2) is 4.19. The van der Waals surface area contributed by atoms with Crippen molar-refractivity contribution in [1.29, 1.82) is 0 Å². The van der Waals surface area contributed by atoms with Crippen molar-refractivity contribution in [3.63, 3.8) is 0 Å². The monoisotopic (exact) mass is 100 g/mol. The van der Waals surface area contributed by atoms with E-state index in [1.807, 2.05) is 6.92 Å². The maximum absolute atomic E-state index is 5.19. The molecule has 0 rings (SSSR count). The fourth-order valence-corrected chi connectivity index (χ4v) is 0.402. The molecule has 1 nitrogen and oxygen atoms in total. The Bertz CT molecular complexity index is 39.1. The molecular formula is C5H13BO. The lowest BCUT2D eigenvalue weighted by Crippen LogP contribution is -2.10.